The van der Waals surface area contributed by atoms with Crippen molar-refractivity contribution in [1.82, 2.24) is 14.5 Å². The Labute approximate surface area is 276 Å². The van der Waals surface area contributed by atoms with E-state index >= 15 is 0 Å². The summed E-state index contributed by atoms with van der Waals surface area (Å²) in [4.78, 5) is 10.2. The van der Waals surface area contributed by atoms with Gasteiger partial charge in [0.15, 0.2) is 0 Å². The Morgan fingerprint density at radius 1 is 0.396 bits per heavy atom. The minimum Gasteiger partial charge on any atom is -0.456 e. The summed E-state index contributed by atoms with van der Waals surface area (Å²) >= 11 is 0. The molecule has 48 heavy (non-hydrogen) atoms. The van der Waals surface area contributed by atoms with E-state index in [1.54, 1.807) is 0 Å². The van der Waals surface area contributed by atoms with Gasteiger partial charge in [0.25, 0.3) is 0 Å². The van der Waals surface area contributed by atoms with E-state index in [0.717, 1.165) is 88.7 Å². The number of rotatable bonds is 4. The summed E-state index contributed by atoms with van der Waals surface area (Å²) in [5.41, 5.74) is 11.3. The molecule has 224 valence electrons. The number of hydrogen-bond acceptors (Lipinski definition) is 3. The Morgan fingerprint density at radius 3 is 1.85 bits per heavy atom. The molecule has 4 nitrogen and oxygen atoms in total. The second-order valence-corrected chi connectivity index (χ2v) is 12.2. The second kappa shape index (κ2) is 10.5. The maximum absolute atomic E-state index is 6.28. The average Bonchev–Trinajstić information content (AvgIpc) is 3.74. The van der Waals surface area contributed by atoms with Gasteiger partial charge in [-0.2, -0.15) is 0 Å². The third-order valence-corrected chi connectivity index (χ3v) is 9.41. The molecule has 10 aromatic rings. The molecular formula is C44H27N3O. The Balaban J connectivity index is 1.07. The SMILES string of the molecule is c1ccc(-c2nc3ccccc3n2-c2ccc(-c3ccc(-c4nc5ccccc5c5c4ccc4oc6ccccc6c45)cc3)cc2)cc1. The molecule has 0 atom stereocenters. The van der Waals surface area contributed by atoms with E-state index in [4.69, 9.17) is 14.4 Å². The van der Waals surface area contributed by atoms with Crippen LogP contribution in [-0.4, -0.2) is 14.5 Å². The highest BCUT2D eigenvalue weighted by Gasteiger charge is 2.18. The van der Waals surface area contributed by atoms with Gasteiger partial charge in [0, 0.05) is 43.7 Å². The molecule has 10 rings (SSSR count). The average molecular weight is 614 g/mol. The van der Waals surface area contributed by atoms with Gasteiger partial charge in [0.05, 0.1) is 22.2 Å². The highest BCUT2D eigenvalue weighted by Crippen LogP contribution is 2.41. The summed E-state index contributed by atoms with van der Waals surface area (Å²) in [6, 6.07) is 57.1. The summed E-state index contributed by atoms with van der Waals surface area (Å²) < 4.78 is 8.52. The van der Waals surface area contributed by atoms with Crippen LogP contribution >= 0.6 is 0 Å². The van der Waals surface area contributed by atoms with Gasteiger partial charge in [-0.1, -0.05) is 115 Å². The molecular weight excluding hydrogens is 587 g/mol. The zero-order valence-electron chi connectivity index (χ0n) is 25.8. The summed E-state index contributed by atoms with van der Waals surface area (Å²) in [5.74, 6) is 0.935. The lowest BCUT2D eigenvalue weighted by Crippen LogP contribution is -1.97. The van der Waals surface area contributed by atoms with E-state index in [1.807, 2.05) is 24.3 Å². The Hall–Kier alpha value is -6.52. The maximum Gasteiger partial charge on any atom is 0.145 e. The third kappa shape index (κ3) is 4.10. The van der Waals surface area contributed by atoms with E-state index in [9.17, 15) is 0 Å². The quantitative estimate of drug-likeness (QED) is 0.186. The fourth-order valence-corrected chi connectivity index (χ4v) is 7.17. The number of aromatic nitrogens is 3. The lowest BCUT2D eigenvalue weighted by molar-refractivity contribution is 0.669. The lowest BCUT2D eigenvalue weighted by Gasteiger charge is -2.12. The van der Waals surface area contributed by atoms with Crippen molar-refractivity contribution in [2.24, 2.45) is 0 Å². The largest absolute Gasteiger partial charge is 0.456 e. The molecule has 0 radical (unpaired) electrons. The molecule has 0 saturated heterocycles. The van der Waals surface area contributed by atoms with Gasteiger partial charge in [-0.3, -0.25) is 4.57 Å². The van der Waals surface area contributed by atoms with Crippen molar-refractivity contribution < 1.29 is 4.42 Å². The maximum atomic E-state index is 6.28. The smallest absolute Gasteiger partial charge is 0.145 e. The molecule has 0 fully saturated rings. The number of benzene rings is 7. The Morgan fingerprint density at radius 2 is 1.04 bits per heavy atom. The molecule has 4 heteroatoms. The summed E-state index contributed by atoms with van der Waals surface area (Å²) in [5, 5.41) is 5.69. The van der Waals surface area contributed by atoms with Crippen LogP contribution in [-0.2, 0) is 0 Å². The fraction of sp³-hybridized carbons (Fsp3) is 0. The second-order valence-electron chi connectivity index (χ2n) is 12.2. The molecule has 0 aliphatic rings. The van der Waals surface area contributed by atoms with Crippen molar-refractivity contribution in [1.29, 1.82) is 0 Å². The van der Waals surface area contributed by atoms with Gasteiger partial charge in [-0.15, -0.1) is 0 Å². The van der Waals surface area contributed by atoms with Crippen LogP contribution in [0.25, 0.3) is 94.1 Å². The van der Waals surface area contributed by atoms with Crippen molar-refractivity contribution in [3.63, 3.8) is 0 Å². The van der Waals surface area contributed by atoms with Crippen LogP contribution in [0, 0.1) is 0 Å². The molecule has 0 saturated carbocycles. The normalized spacial score (nSPS) is 11.8. The monoisotopic (exact) mass is 613 g/mol. The summed E-state index contributed by atoms with van der Waals surface area (Å²) in [6.45, 7) is 0. The van der Waals surface area contributed by atoms with Gasteiger partial charge >= 0.3 is 0 Å². The molecule has 0 amide bonds. The van der Waals surface area contributed by atoms with E-state index in [2.05, 4.69) is 144 Å². The number of furan rings is 1. The van der Waals surface area contributed by atoms with Crippen molar-refractivity contribution >= 4 is 54.6 Å². The van der Waals surface area contributed by atoms with Crippen molar-refractivity contribution in [2.45, 2.75) is 0 Å². The van der Waals surface area contributed by atoms with Gasteiger partial charge in [0.1, 0.15) is 17.0 Å². The predicted molar refractivity (Wildman–Crippen MR) is 197 cm³/mol. The number of fused-ring (bicyclic) bond motifs is 8. The van der Waals surface area contributed by atoms with Crippen LogP contribution < -0.4 is 0 Å². The number of para-hydroxylation sites is 4. The van der Waals surface area contributed by atoms with E-state index in [-0.39, 0.29) is 0 Å². The van der Waals surface area contributed by atoms with E-state index in [0.29, 0.717) is 0 Å². The molecule has 0 aliphatic heterocycles. The van der Waals surface area contributed by atoms with Crippen LogP contribution in [0.5, 0.6) is 0 Å². The van der Waals surface area contributed by atoms with Crippen molar-refractivity contribution in [3.8, 4) is 39.5 Å². The Bertz CT molecular complexity index is 2810. The molecule has 0 aliphatic carbocycles. The van der Waals surface area contributed by atoms with Crippen molar-refractivity contribution in [2.75, 3.05) is 0 Å². The standard InChI is InChI=1S/C44H27N3O/c1-2-10-31(11-3-1)44-46-37-15-7-8-16-38(37)47(44)32-24-22-29(23-25-32)28-18-20-30(21-19-28)43-35-26-27-40-42(34-13-5-9-17-39(34)48-40)41(35)33-12-4-6-14-36(33)45-43/h1-27H. The first-order valence-electron chi connectivity index (χ1n) is 16.2. The topological polar surface area (TPSA) is 43.9 Å². The minimum atomic E-state index is 0.893. The zero-order valence-corrected chi connectivity index (χ0v) is 25.8. The fourth-order valence-electron chi connectivity index (χ4n) is 7.17. The Kier molecular flexibility index (Phi) is 5.84. The zero-order chi connectivity index (χ0) is 31.6. The lowest BCUT2D eigenvalue weighted by atomic mass is 9.95. The third-order valence-electron chi connectivity index (χ3n) is 9.41. The molecule has 0 spiro atoms. The van der Waals surface area contributed by atoms with E-state index < -0.39 is 0 Å². The number of pyridine rings is 1. The molecule has 0 N–H and O–H groups in total. The first-order chi connectivity index (χ1) is 23.8. The van der Waals surface area contributed by atoms with Gasteiger partial charge < -0.3 is 4.42 Å². The van der Waals surface area contributed by atoms with Crippen LogP contribution in [0.1, 0.15) is 0 Å². The molecule has 0 bridgehead atoms. The summed E-state index contributed by atoms with van der Waals surface area (Å²) in [7, 11) is 0. The van der Waals surface area contributed by atoms with Crippen LogP contribution in [0.2, 0.25) is 0 Å². The number of hydrogen-bond donors (Lipinski definition) is 0. The van der Waals surface area contributed by atoms with Gasteiger partial charge in [-0.05, 0) is 59.7 Å². The van der Waals surface area contributed by atoms with E-state index in [1.165, 1.54) is 5.39 Å². The van der Waals surface area contributed by atoms with Crippen LogP contribution in [0.3, 0.4) is 0 Å². The number of imidazole rings is 1. The minimum absolute atomic E-state index is 0.893. The highest BCUT2D eigenvalue weighted by molar-refractivity contribution is 6.28. The first kappa shape index (κ1) is 26.7. The van der Waals surface area contributed by atoms with Crippen molar-refractivity contribution in [3.05, 3.63) is 164 Å². The van der Waals surface area contributed by atoms with Crippen LogP contribution in [0.4, 0.5) is 0 Å². The highest BCUT2D eigenvalue weighted by atomic mass is 16.3. The summed E-state index contributed by atoms with van der Waals surface area (Å²) in [6.07, 6.45) is 0. The van der Waals surface area contributed by atoms with Gasteiger partial charge in [0.2, 0.25) is 0 Å². The van der Waals surface area contributed by atoms with Crippen LogP contribution in [0.15, 0.2) is 168 Å². The first-order valence-corrected chi connectivity index (χ1v) is 16.2. The molecule has 3 heterocycles. The molecule has 7 aromatic carbocycles. The molecule has 3 aromatic heterocycles. The molecule has 0 unspecified atom stereocenters. The number of nitrogens with zero attached hydrogens (tertiary/aromatic N) is 3. The van der Waals surface area contributed by atoms with Gasteiger partial charge in [-0.25, -0.2) is 9.97 Å². The predicted octanol–water partition coefficient (Wildman–Crippen LogP) is 11.6.